The average Bonchev–Trinajstić information content (AvgIpc) is 3.28. The molecule has 8 heteroatoms. The lowest BCUT2D eigenvalue weighted by Crippen LogP contribution is -2.47. The van der Waals surface area contributed by atoms with Crippen LogP contribution in [0.4, 0.5) is 0 Å². The van der Waals surface area contributed by atoms with E-state index in [1.165, 1.54) is 12.8 Å². The Balaban J connectivity index is 1.38. The number of fused-ring (bicyclic) bond motifs is 1. The Morgan fingerprint density at radius 2 is 1.79 bits per heavy atom. The van der Waals surface area contributed by atoms with E-state index in [0.29, 0.717) is 23.2 Å². The largest absolute Gasteiger partial charge is 0.309 e. The van der Waals surface area contributed by atoms with Gasteiger partial charge in [-0.2, -0.15) is 5.10 Å². The highest BCUT2D eigenvalue weighted by molar-refractivity contribution is 5.73. The number of hydrogen-bond acceptors (Lipinski definition) is 6. The molecule has 1 aliphatic heterocycles. The minimum absolute atomic E-state index is 0.0289. The van der Waals surface area contributed by atoms with Crippen LogP contribution in [-0.4, -0.2) is 47.7 Å². The minimum Gasteiger partial charge on any atom is -0.309 e. The summed E-state index contributed by atoms with van der Waals surface area (Å²) in [5.41, 5.74) is 2.64. The first-order valence-electron chi connectivity index (χ1n) is 10.5. The van der Waals surface area contributed by atoms with Gasteiger partial charge in [-0.3, -0.25) is 9.69 Å². The number of aromatic amines is 1. The third kappa shape index (κ3) is 3.25. The van der Waals surface area contributed by atoms with Crippen molar-refractivity contribution in [3.8, 4) is 0 Å². The number of likely N-dealkylation sites (tertiary alicyclic amines) is 1. The molecule has 0 unspecified atom stereocenters. The highest BCUT2D eigenvalue weighted by atomic mass is 16.1. The number of nitrogens with zero attached hydrogens (tertiary/aromatic N) is 6. The fourth-order valence-corrected chi connectivity index (χ4v) is 4.67. The van der Waals surface area contributed by atoms with E-state index in [1.54, 1.807) is 6.20 Å². The fraction of sp³-hybridized carbons (Fsp3) is 0.571. The lowest BCUT2D eigenvalue weighted by molar-refractivity contribution is 0.0918. The molecular weight excluding hydrogens is 366 g/mol. The molecule has 1 saturated heterocycles. The molecule has 0 amide bonds. The van der Waals surface area contributed by atoms with Gasteiger partial charge in [0, 0.05) is 30.4 Å². The lowest BCUT2D eigenvalue weighted by atomic mass is 9.96. The van der Waals surface area contributed by atoms with Crippen molar-refractivity contribution >= 4 is 11.0 Å². The van der Waals surface area contributed by atoms with Crippen molar-refractivity contribution in [1.82, 2.24) is 34.6 Å². The summed E-state index contributed by atoms with van der Waals surface area (Å²) in [6, 6.07) is 2.39. The topological polar surface area (TPSA) is 92.6 Å². The minimum atomic E-state index is -0.101. The first-order chi connectivity index (χ1) is 14.0. The number of hydrogen-bond donors (Lipinski definition) is 1. The summed E-state index contributed by atoms with van der Waals surface area (Å²) in [5, 5.41) is 5.07. The zero-order chi connectivity index (χ0) is 20.1. The molecule has 0 bridgehead atoms. The predicted molar refractivity (Wildman–Crippen MR) is 110 cm³/mol. The van der Waals surface area contributed by atoms with Gasteiger partial charge in [-0.1, -0.05) is 12.8 Å². The Kier molecular flexibility index (Phi) is 4.46. The maximum atomic E-state index is 12.6. The summed E-state index contributed by atoms with van der Waals surface area (Å²) in [6.45, 7) is 7.85. The number of aromatic nitrogens is 6. The van der Waals surface area contributed by atoms with Gasteiger partial charge in [-0.15, -0.1) is 0 Å². The van der Waals surface area contributed by atoms with Crippen LogP contribution in [0.3, 0.4) is 0 Å². The second kappa shape index (κ2) is 7.02. The SMILES string of the molecule is Cc1cc(C)nc(C2CN([C@H](C)c3nc4c(cnn4C4CCCC4)c(=O)[nH]3)C2)n1. The zero-order valence-electron chi connectivity index (χ0n) is 17.2. The van der Waals surface area contributed by atoms with Crippen LogP contribution in [0.2, 0.25) is 0 Å². The summed E-state index contributed by atoms with van der Waals surface area (Å²) in [4.78, 5) is 32.0. The van der Waals surface area contributed by atoms with Crippen LogP contribution in [0.15, 0.2) is 17.1 Å². The van der Waals surface area contributed by atoms with Gasteiger partial charge in [0.2, 0.25) is 0 Å². The van der Waals surface area contributed by atoms with Gasteiger partial charge in [-0.05, 0) is 39.7 Å². The van der Waals surface area contributed by atoms with E-state index in [4.69, 9.17) is 4.98 Å². The Bertz CT molecular complexity index is 1090. The molecule has 0 spiro atoms. The molecule has 2 fully saturated rings. The molecule has 3 aromatic rings. The van der Waals surface area contributed by atoms with Gasteiger partial charge < -0.3 is 4.98 Å². The van der Waals surface area contributed by atoms with Gasteiger partial charge in [0.15, 0.2) is 5.65 Å². The van der Waals surface area contributed by atoms with Crippen molar-refractivity contribution in [3.05, 3.63) is 45.7 Å². The molecule has 3 aromatic heterocycles. The predicted octanol–water partition coefficient (Wildman–Crippen LogP) is 2.80. The molecule has 0 aromatic carbocycles. The molecule has 1 N–H and O–H groups in total. The second-order valence-electron chi connectivity index (χ2n) is 8.55. The third-order valence-corrected chi connectivity index (χ3v) is 6.37. The highest BCUT2D eigenvalue weighted by Gasteiger charge is 2.35. The zero-order valence-corrected chi connectivity index (χ0v) is 17.2. The van der Waals surface area contributed by atoms with Crippen LogP contribution >= 0.6 is 0 Å². The first-order valence-corrected chi connectivity index (χ1v) is 10.5. The first kappa shape index (κ1) is 18.4. The summed E-state index contributed by atoms with van der Waals surface area (Å²) in [5.74, 6) is 1.96. The van der Waals surface area contributed by atoms with Gasteiger partial charge in [-0.25, -0.2) is 19.6 Å². The lowest BCUT2D eigenvalue weighted by Gasteiger charge is -2.41. The quantitative estimate of drug-likeness (QED) is 0.733. The van der Waals surface area contributed by atoms with Gasteiger partial charge in [0.25, 0.3) is 5.56 Å². The van der Waals surface area contributed by atoms with Crippen molar-refractivity contribution < 1.29 is 0 Å². The molecule has 1 atom stereocenters. The summed E-state index contributed by atoms with van der Waals surface area (Å²) >= 11 is 0. The molecule has 5 rings (SSSR count). The molecule has 0 radical (unpaired) electrons. The van der Waals surface area contributed by atoms with Gasteiger partial charge in [0.1, 0.15) is 17.0 Å². The monoisotopic (exact) mass is 393 g/mol. The van der Waals surface area contributed by atoms with Crippen molar-refractivity contribution in [1.29, 1.82) is 0 Å². The molecule has 152 valence electrons. The summed E-state index contributed by atoms with van der Waals surface area (Å²) in [7, 11) is 0. The van der Waals surface area contributed by atoms with Crippen LogP contribution in [-0.2, 0) is 0 Å². The van der Waals surface area contributed by atoms with Crippen LogP contribution < -0.4 is 5.56 Å². The molecular formula is C21H27N7O. The average molecular weight is 393 g/mol. The maximum absolute atomic E-state index is 12.6. The van der Waals surface area contributed by atoms with Gasteiger partial charge in [0.05, 0.1) is 18.3 Å². The van der Waals surface area contributed by atoms with E-state index in [0.717, 1.165) is 48.8 Å². The van der Waals surface area contributed by atoms with E-state index in [2.05, 4.69) is 31.9 Å². The number of H-pyrrole nitrogens is 1. The van der Waals surface area contributed by atoms with E-state index in [1.807, 2.05) is 24.6 Å². The van der Waals surface area contributed by atoms with Crippen molar-refractivity contribution in [2.24, 2.45) is 0 Å². The van der Waals surface area contributed by atoms with Crippen LogP contribution in [0.5, 0.6) is 0 Å². The van der Waals surface area contributed by atoms with Crippen molar-refractivity contribution in [3.63, 3.8) is 0 Å². The Morgan fingerprint density at radius 1 is 1.10 bits per heavy atom. The van der Waals surface area contributed by atoms with Crippen molar-refractivity contribution in [2.45, 2.75) is 64.5 Å². The Hall–Kier alpha value is -2.61. The Morgan fingerprint density at radius 3 is 2.48 bits per heavy atom. The van der Waals surface area contributed by atoms with Crippen LogP contribution in [0.25, 0.3) is 11.0 Å². The fourth-order valence-electron chi connectivity index (χ4n) is 4.67. The normalized spacial score (nSPS) is 19.7. The van der Waals surface area contributed by atoms with Crippen molar-refractivity contribution in [2.75, 3.05) is 13.1 Å². The van der Waals surface area contributed by atoms with E-state index in [-0.39, 0.29) is 11.6 Å². The number of aryl methyl sites for hydroxylation is 2. The van der Waals surface area contributed by atoms with E-state index in [9.17, 15) is 4.79 Å². The second-order valence-corrected chi connectivity index (χ2v) is 8.55. The summed E-state index contributed by atoms with van der Waals surface area (Å²) < 4.78 is 1.97. The maximum Gasteiger partial charge on any atom is 0.262 e. The Labute approximate surface area is 169 Å². The standard InChI is InChI=1S/C21H27N7O/c1-12-8-13(2)24-19(23-12)15-10-27(11-15)14(3)18-25-20-17(21(29)26-18)9-22-28(20)16-6-4-5-7-16/h8-9,14-16H,4-7,10-11H2,1-3H3,(H,25,26,29)/t14-/m1/s1. The van der Waals surface area contributed by atoms with E-state index < -0.39 is 0 Å². The molecule has 2 aliphatic rings. The number of nitrogens with one attached hydrogen (secondary N) is 1. The molecule has 29 heavy (non-hydrogen) atoms. The van der Waals surface area contributed by atoms with Crippen LogP contribution in [0.1, 0.15) is 73.6 Å². The smallest absolute Gasteiger partial charge is 0.262 e. The summed E-state index contributed by atoms with van der Waals surface area (Å²) in [6.07, 6.45) is 6.31. The van der Waals surface area contributed by atoms with Crippen LogP contribution in [0, 0.1) is 13.8 Å². The molecule has 4 heterocycles. The third-order valence-electron chi connectivity index (χ3n) is 6.37. The molecule has 8 nitrogen and oxygen atoms in total. The highest BCUT2D eigenvalue weighted by Crippen LogP contribution is 2.33. The molecule has 1 saturated carbocycles. The van der Waals surface area contributed by atoms with E-state index >= 15 is 0 Å². The number of rotatable bonds is 4. The molecule has 1 aliphatic carbocycles. The van der Waals surface area contributed by atoms with Gasteiger partial charge >= 0.3 is 0 Å².